The van der Waals surface area contributed by atoms with Crippen molar-refractivity contribution in [2.24, 2.45) is 5.92 Å². The van der Waals surface area contributed by atoms with Crippen LogP contribution in [-0.4, -0.2) is 23.1 Å². The van der Waals surface area contributed by atoms with Crippen LogP contribution < -0.4 is 10.6 Å². The van der Waals surface area contributed by atoms with Crippen molar-refractivity contribution in [3.8, 4) is 0 Å². The topological polar surface area (TPSA) is 78.4 Å². The van der Waals surface area contributed by atoms with Crippen LogP contribution in [0.2, 0.25) is 5.02 Å². The van der Waals surface area contributed by atoms with Gasteiger partial charge >= 0.3 is 12.0 Å². The highest BCUT2D eigenvalue weighted by molar-refractivity contribution is 6.31. The van der Waals surface area contributed by atoms with E-state index in [0.29, 0.717) is 0 Å². The Morgan fingerprint density at radius 2 is 2.05 bits per heavy atom. The second-order valence-corrected chi connectivity index (χ2v) is 5.06. The molecule has 1 unspecified atom stereocenters. The van der Waals surface area contributed by atoms with Crippen LogP contribution in [0, 0.1) is 11.7 Å². The molecule has 0 aliphatic rings. The lowest BCUT2D eigenvalue weighted by Crippen LogP contribution is -2.42. The van der Waals surface area contributed by atoms with Crippen molar-refractivity contribution in [3.63, 3.8) is 0 Å². The maximum atomic E-state index is 13.6. The van der Waals surface area contributed by atoms with E-state index in [1.54, 1.807) is 13.8 Å². The predicted molar refractivity (Wildman–Crippen MR) is 74.4 cm³/mol. The van der Waals surface area contributed by atoms with Crippen molar-refractivity contribution in [2.75, 3.05) is 5.32 Å². The number of hydrogen-bond donors (Lipinski definition) is 3. The maximum absolute atomic E-state index is 13.6. The number of carbonyl (C=O) groups excluding carboxylic acids is 1. The summed E-state index contributed by atoms with van der Waals surface area (Å²) in [6.07, 6.45) is -0.205. The Kier molecular flexibility index (Phi) is 5.76. The molecule has 1 rings (SSSR count). The Morgan fingerprint density at radius 1 is 1.40 bits per heavy atom. The standard InChI is InChI=1S/C13H16ClFN2O3/c1-7(2)10(6-11(18)19)17-13(20)16-9-5-3-4-8(14)12(9)15/h3-5,7,10H,6H2,1-2H3,(H,18,19)(H2,16,17,20). The monoisotopic (exact) mass is 302 g/mol. The van der Waals surface area contributed by atoms with Gasteiger partial charge in [-0.3, -0.25) is 4.79 Å². The molecule has 0 spiro atoms. The summed E-state index contributed by atoms with van der Waals surface area (Å²) in [5.74, 6) is -1.82. The quantitative estimate of drug-likeness (QED) is 0.782. The van der Waals surface area contributed by atoms with Crippen molar-refractivity contribution in [3.05, 3.63) is 29.0 Å². The first-order valence-corrected chi connectivity index (χ1v) is 6.42. The molecule has 110 valence electrons. The van der Waals surface area contributed by atoms with Gasteiger partial charge in [-0.25, -0.2) is 9.18 Å². The van der Waals surface area contributed by atoms with Gasteiger partial charge in [0.15, 0.2) is 5.82 Å². The average molecular weight is 303 g/mol. The lowest BCUT2D eigenvalue weighted by atomic mass is 10.0. The minimum atomic E-state index is -1.02. The number of halogens is 2. The van der Waals surface area contributed by atoms with E-state index in [1.165, 1.54) is 18.2 Å². The van der Waals surface area contributed by atoms with Gasteiger partial charge in [-0.05, 0) is 18.1 Å². The molecule has 1 atom stereocenters. The van der Waals surface area contributed by atoms with Crippen LogP contribution in [0.1, 0.15) is 20.3 Å². The summed E-state index contributed by atoms with van der Waals surface area (Å²) < 4.78 is 13.6. The van der Waals surface area contributed by atoms with E-state index in [1.807, 2.05) is 0 Å². The number of nitrogens with one attached hydrogen (secondary N) is 2. The van der Waals surface area contributed by atoms with Crippen molar-refractivity contribution >= 4 is 29.3 Å². The highest BCUT2D eigenvalue weighted by atomic mass is 35.5. The van der Waals surface area contributed by atoms with Gasteiger partial charge in [0.2, 0.25) is 0 Å². The minimum Gasteiger partial charge on any atom is -0.481 e. The fourth-order valence-corrected chi connectivity index (χ4v) is 1.74. The first kappa shape index (κ1) is 16.2. The SMILES string of the molecule is CC(C)C(CC(=O)O)NC(=O)Nc1cccc(Cl)c1F. The number of carbonyl (C=O) groups is 2. The smallest absolute Gasteiger partial charge is 0.319 e. The molecule has 0 fully saturated rings. The van der Waals surface area contributed by atoms with E-state index in [9.17, 15) is 14.0 Å². The van der Waals surface area contributed by atoms with Gasteiger partial charge in [0.1, 0.15) is 0 Å². The normalized spacial score (nSPS) is 12.1. The summed E-state index contributed by atoms with van der Waals surface area (Å²) in [5.41, 5.74) is -0.0622. The highest BCUT2D eigenvalue weighted by Gasteiger charge is 2.20. The van der Waals surface area contributed by atoms with E-state index >= 15 is 0 Å². The summed E-state index contributed by atoms with van der Waals surface area (Å²) in [6.45, 7) is 3.57. The molecule has 3 N–H and O–H groups in total. The lowest BCUT2D eigenvalue weighted by Gasteiger charge is -2.21. The van der Waals surface area contributed by atoms with Crippen LogP contribution in [0.15, 0.2) is 18.2 Å². The van der Waals surface area contributed by atoms with Gasteiger partial charge in [-0.2, -0.15) is 0 Å². The minimum absolute atomic E-state index is 0.0622. The molecule has 0 heterocycles. The molecule has 0 bridgehead atoms. The molecule has 1 aromatic carbocycles. The lowest BCUT2D eigenvalue weighted by molar-refractivity contribution is -0.137. The van der Waals surface area contributed by atoms with Crippen LogP contribution in [0.4, 0.5) is 14.9 Å². The van der Waals surface area contributed by atoms with E-state index in [2.05, 4.69) is 10.6 Å². The molecule has 0 saturated carbocycles. The van der Waals surface area contributed by atoms with Gasteiger partial charge in [0.25, 0.3) is 0 Å². The number of urea groups is 1. The number of anilines is 1. The largest absolute Gasteiger partial charge is 0.481 e. The molecule has 7 heteroatoms. The number of hydrogen-bond acceptors (Lipinski definition) is 2. The van der Waals surface area contributed by atoms with E-state index in [0.717, 1.165) is 0 Å². The van der Waals surface area contributed by atoms with Crippen molar-refractivity contribution < 1.29 is 19.1 Å². The molecule has 1 aromatic rings. The molecule has 0 aliphatic heterocycles. The van der Waals surface area contributed by atoms with E-state index in [4.69, 9.17) is 16.7 Å². The number of rotatable bonds is 5. The Bertz CT molecular complexity index is 508. The number of carboxylic acids is 1. The van der Waals surface area contributed by atoms with Gasteiger partial charge in [-0.15, -0.1) is 0 Å². The van der Waals surface area contributed by atoms with Crippen molar-refractivity contribution in [1.82, 2.24) is 5.32 Å². The third-order valence-electron chi connectivity index (χ3n) is 2.72. The molecule has 5 nitrogen and oxygen atoms in total. The molecular weight excluding hydrogens is 287 g/mol. The molecule has 0 aliphatic carbocycles. The molecule has 0 aromatic heterocycles. The van der Waals surface area contributed by atoms with Crippen LogP contribution in [0.5, 0.6) is 0 Å². The zero-order chi connectivity index (χ0) is 15.3. The number of carboxylic acid groups (broad SMARTS) is 1. The average Bonchev–Trinajstić information content (AvgIpc) is 2.33. The summed E-state index contributed by atoms with van der Waals surface area (Å²) in [6, 6.07) is 3.00. The van der Waals surface area contributed by atoms with Gasteiger partial charge in [-0.1, -0.05) is 31.5 Å². The van der Waals surface area contributed by atoms with E-state index in [-0.39, 0.29) is 23.0 Å². The summed E-state index contributed by atoms with van der Waals surface area (Å²) in [4.78, 5) is 22.5. The van der Waals surface area contributed by atoms with Gasteiger partial charge in [0.05, 0.1) is 17.1 Å². The Hall–Kier alpha value is -1.82. The van der Waals surface area contributed by atoms with Crippen LogP contribution in [-0.2, 0) is 4.79 Å². The Morgan fingerprint density at radius 3 is 2.60 bits per heavy atom. The number of benzene rings is 1. The first-order valence-electron chi connectivity index (χ1n) is 6.04. The Balaban J connectivity index is 2.70. The second-order valence-electron chi connectivity index (χ2n) is 4.65. The molecule has 0 saturated heterocycles. The third kappa shape index (κ3) is 4.70. The molecule has 2 amide bonds. The predicted octanol–water partition coefficient (Wildman–Crippen LogP) is 3.10. The fraction of sp³-hybridized carbons (Fsp3) is 0.385. The third-order valence-corrected chi connectivity index (χ3v) is 3.01. The maximum Gasteiger partial charge on any atom is 0.319 e. The molecule has 20 heavy (non-hydrogen) atoms. The summed E-state index contributed by atoms with van der Waals surface area (Å²) >= 11 is 5.60. The zero-order valence-corrected chi connectivity index (χ0v) is 11.9. The van der Waals surface area contributed by atoms with Crippen LogP contribution >= 0.6 is 11.6 Å². The van der Waals surface area contributed by atoms with Crippen LogP contribution in [0.25, 0.3) is 0 Å². The fourth-order valence-electron chi connectivity index (χ4n) is 1.57. The second kappa shape index (κ2) is 7.09. The molecule has 0 radical (unpaired) electrons. The highest BCUT2D eigenvalue weighted by Crippen LogP contribution is 2.21. The Labute approximate surface area is 121 Å². The van der Waals surface area contributed by atoms with E-state index < -0.39 is 23.9 Å². The van der Waals surface area contributed by atoms with Crippen molar-refractivity contribution in [1.29, 1.82) is 0 Å². The molecular formula is C13H16ClFN2O3. The van der Waals surface area contributed by atoms with Crippen LogP contribution in [0.3, 0.4) is 0 Å². The summed E-state index contributed by atoms with van der Waals surface area (Å²) in [7, 11) is 0. The number of aliphatic carboxylic acids is 1. The zero-order valence-electron chi connectivity index (χ0n) is 11.1. The van der Waals surface area contributed by atoms with Gasteiger partial charge < -0.3 is 15.7 Å². The summed E-state index contributed by atoms with van der Waals surface area (Å²) in [5, 5.41) is 13.5. The number of amides is 2. The first-order chi connectivity index (χ1) is 9.31. The van der Waals surface area contributed by atoms with Gasteiger partial charge in [0, 0.05) is 6.04 Å². The van der Waals surface area contributed by atoms with Crippen molar-refractivity contribution in [2.45, 2.75) is 26.3 Å².